The molecule has 72 valence electrons. The second-order valence-corrected chi connectivity index (χ2v) is 3.06. The Morgan fingerprint density at radius 2 is 2.15 bits per heavy atom. The van der Waals surface area contributed by atoms with Crippen molar-refractivity contribution in [3.05, 3.63) is 22.3 Å². The maximum Gasteiger partial charge on any atom is 0.220 e. The Kier molecular flexibility index (Phi) is 3.51. The lowest BCUT2D eigenvalue weighted by Gasteiger charge is -2.08. The first-order valence-corrected chi connectivity index (χ1v) is 4.25. The maximum absolute atomic E-state index is 5.83. The van der Waals surface area contributed by atoms with Crippen LogP contribution in [-0.4, -0.2) is 19.2 Å². The molecule has 1 rings (SSSR count). The van der Waals surface area contributed by atoms with E-state index in [0.29, 0.717) is 17.6 Å². The van der Waals surface area contributed by atoms with Gasteiger partial charge in [-0.05, 0) is 18.6 Å². The Bertz CT molecular complexity index is 302. The summed E-state index contributed by atoms with van der Waals surface area (Å²) in [6.07, 6.45) is 0. The summed E-state index contributed by atoms with van der Waals surface area (Å²) in [5.41, 5.74) is 1.83. The fraction of sp³-hybridized carbons (Fsp3) is 0.444. The van der Waals surface area contributed by atoms with Crippen LogP contribution in [0.3, 0.4) is 0 Å². The molecule has 1 aromatic heterocycles. The predicted octanol–water partition coefficient (Wildman–Crippen LogP) is 2.20. The number of nitrogens with zero attached hydrogens (tertiary/aromatic N) is 1. The Labute approximate surface area is 82.6 Å². The van der Waals surface area contributed by atoms with Crippen molar-refractivity contribution in [1.82, 2.24) is 4.98 Å². The molecule has 1 heterocycles. The summed E-state index contributed by atoms with van der Waals surface area (Å²) >= 11 is 5.83. The number of aryl methyl sites for hydroxylation is 1. The zero-order valence-electron chi connectivity index (χ0n) is 7.93. The van der Waals surface area contributed by atoms with Crippen LogP contribution in [0.25, 0.3) is 0 Å². The number of methoxy groups -OCH3 is 2. The molecule has 4 heteroatoms. The van der Waals surface area contributed by atoms with E-state index in [4.69, 9.17) is 21.1 Å². The van der Waals surface area contributed by atoms with E-state index >= 15 is 0 Å². The molecule has 0 radical (unpaired) electrons. The molecule has 0 aromatic carbocycles. The topological polar surface area (TPSA) is 31.4 Å². The molecule has 0 aliphatic carbocycles. The lowest BCUT2D eigenvalue weighted by molar-refractivity contribution is 0.180. The third-order valence-electron chi connectivity index (χ3n) is 1.68. The average molecular weight is 202 g/mol. The van der Waals surface area contributed by atoms with Gasteiger partial charge in [0.05, 0.1) is 13.7 Å². The van der Waals surface area contributed by atoms with Gasteiger partial charge in [0.15, 0.2) is 0 Å². The van der Waals surface area contributed by atoms with Gasteiger partial charge in [0, 0.05) is 12.7 Å². The van der Waals surface area contributed by atoms with E-state index in [2.05, 4.69) is 4.98 Å². The van der Waals surface area contributed by atoms with Gasteiger partial charge in [-0.15, -0.1) is 0 Å². The van der Waals surface area contributed by atoms with Crippen molar-refractivity contribution in [2.24, 2.45) is 0 Å². The van der Waals surface area contributed by atoms with Crippen LogP contribution in [0.5, 0.6) is 5.88 Å². The summed E-state index contributed by atoms with van der Waals surface area (Å²) in [7, 11) is 3.19. The molecular weight excluding hydrogens is 190 g/mol. The summed E-state index contributed by atoms with van der Waals surface area (Å²) in [5.74, 6) is 0.525. The molecule has 13 heavy (non-hydrogen) atoms. The van der Waals surface area contributed by atoms with Gasteiger partial charge < -0.3 is 9.47 Å². The number of hydrogen-bond acceptors (Lipinski definition) is 3. The van der Waals surface area contributed by atoms with E-state index < -0.39 is 0 Å². The molecule has 1 aromatic rings. The molecule has 0 bridgehead atoms. The SMILES string of the molecule is COCc1cc(C)c(Cl)nc1OC. The fourth-order valence-corrected chi connectivity index (χ4v) is 1.20. The third kappa shape index (κ3) is 2.32. The number of aromatic nitrogens is 1. The van der Waals surface area contributed by atoms with E-state index in [1.165, 1.54) is 0 Å². The van der Waals surface area contributed by atoms with Crippen molar-refractivity contribution in [3.8, 4) is 5.88 Å². The van der Waals surface area contributed by atoms with Crippen LogP contribution in [0.4, 0.5) is 0 Å². The van der Waals surface area contributed by atoms with Gasteiger partial charge in [0.2, 0.25) is 5.88 Å². The highest BCUT2D eigenvalue weighted by atomic mass is 35.5. The first-order chi connectivity index (χ1) is 6.19. The van der Waals surface area contributed by atoms with Gasteiger partial charge >= 0.3 is 0 Å². The van der Waals surface area contributed by atoms with Gasteiger partial charge in [0.25, 0.3) is 0 Å². The molecule has 0 saturated heterocycles. The average Bonchev–Trinajstić information content (AvgIpc) is 2.11. The number of pyridine rings is 1. The van der Waals surface area contributed by atoms with Gasteiger partial charge in [0.1, 0.15) is 5.15 Å². The molecule has 0 aliphatic heterocycles. The molecule has 0 amide bonds. The Morgan fingerprint density at radius 1 is 1.46 bits per heavy atom. The van der Waals surface area contributed by atoms with Crippen molar-refractivity contribution in [3.63, 3.8) is 0 Å². The van der Waals surface area contributed by atoms with E-state index in [1.807, 2.05) is 13.0 Å². The van der Waals surface area contributed by atoms with Gasteiger partial charge in [-0.3, -0.25) is 0 Å². The summed E-state index contributed by atoms with van der Waals surface area (Å²) in [6, 6.07) is 1.91. The van der Waals surface area contributed by atoms with E-state index in [0.717, 1.165) is 11.1 Å². The van der Waals surface area contributed by atoms with Crippen molar-refractivity contribution in [2.45, 2.75) is 13.5 Å². The molecule has 0 saturated carbocycles. The largest absolute Gasteiger partial charge is 0.481 e. The van der Waals surface area contributed by atoms with Gasteiger partial charge in [-0.25, -0.2) is 4.98 Å². The van der Waals surface area contributed by atoms with Crippen molar-refractivity contribution < 1.29 is 9.47 Å². The van der Waals surface area contributed by atoms with Crippen LogP contribution in [-0.2, 0) is 11.3 Å². The van der Waals surface area contributed by atoms with Crippen LogP contribution in [0.15, 0.2) is 6.07 Å². The second-order valence-electron chi connectivity index (χ2n) is 2.70. The van der Waals surface area contributed by atoms with E-state index in [9.17, 15) is 0 Å². The van der Waals surface area contributed by atoms with Gasteiger partial charge in [-0.2, -0.15) is 0 Å². The first-order valence-electron chi connectivity index (χ1n) is 3.88. The van der Waals surface area contributed by atoms with Crippen LogP contribution < -0.4 is 4.74 Å². The Morgan fingerprint density at radius 3 is 2.69 bits per heavy atom. The molecule has 3 nitrogen and oxygen atoms in total. The molecular formula is C9H12ClNO2. The predicted molar refractivity (Wildman–Crippen MR) is 51.2 cm³/mol. The van der Waals surface area contributed by atoms with Crippen LogP contribution in [0.1, 0.15) is 11.1 Å². The first kappa shape index (κ1) is 10.3. The zero-order chi connectivity index (χ0) is 9.84. The summed E-state index contributed by atoms with van der Waals surface area (Å²) < 4.78 is 10.1. The Balaban J connectivity index is 3.09. The minimum Gasteiger partial charge on any atom is -0.481 e. The summed E-state index contributed by atoms with van der Waals surface area (Å²) in [4.78, 5) is 4.07. The molecule has 0 fully saturated rings. The summed E-state index contributed by atoms with van der Waals surface area (Å²) in [5, 5.41) is 0.469. The molecule has 0 spiro atoms. The van der Waals surface area contributed by atoms with Crippen LogP contribution >= 0.6 is 11.6 Å². The van der Waals surface area contributed by atoms with E-state index in [-0.39, 0.29) is 0 Å². The fourth-order valence-electron chi connectivity index (χ4n) is 1.07. The highest BCUT2D eigenvalue weighted by Gasteiger charge is 2.07. The van der Waals surface area contributed by atoms with Crippen LogP contribution in [0.2, 0.25) is 5.15 Å². The lowest BCUT2D eigenvalue weighted by atomic mass is 10.2. The standard InChI is InChI=1S/C9H12ClNO2/c1-6-4-7(5-12-2)9(13-3)11-8(6)10/h4H,5H2,1-3H3. The van der Waals surface area contributed by atoms with E-state index in [1.54, 1.807) is 14.2 Å². The summed E-state index contributed by atoms with van der Waals surface area (Å²) in [6.45, 7) is 2.38. The monoisotopic (exact) mass is 201 g/mol. The Hall–Kier alpha value is -0.800. The molecule has 0 unspecified atom stereocenters. The minimum atomic E-state index is 0.469. The molecule has 0 atom stereocenters. The maximum atomic E-state index is 5.83. The quantitative estimate of drug-likeness (QED) is 0.703. The van der Waals surface area contributed by atoms with Crippen molar-refractivity contribution >= 4 is 11.6 Å². The lowest BCUT2D eigenvalue weighted by Crippen LogP contribution is -1.98. The normalized spacial score (nSPS) is 10.2. The highest BCUT2D eigenvalue weighted by Crippen LogP contribution is 2.22. The zero-order valence-corrected chi connectivity index (χ0v) is 8.68. The minimum absolute atomic E-state index is 0.469. The smallest absolute Gasteiger partial charge is 0.220 e. The number of hydrogen-bond donors (Lipinski definition) is 0. The highest BCUT2D eigenvalue weighted by molar-refractivity contribution is 6.30. The third-order valence-corrected chi connectivity index (χ3v) is 2.07. The second kappa shape index (κ2) is 4.44. The van der Waals surface area contributed by atoms with Crippen LogP contribution in [0, 0.1) is 6.92 Å². The molecule has 0 aliphatic rings. The van der Waals surface area contributed by atoms with Crippen molar-refractivity contribution in [2.75, 3.05) is 14.2 Å². The number of rotatable bonds is 3. The van der Waals surface area contributed by atoms with Gasteiger partial charge in [-0.1, -0.05) is 11.6 Å². The van der Waals surface area contributed by atoms with Crippen molar-refractivity contribution in [1.29, 1.82) is 0 Å². The molecule has 0 N–H and O–H groups in total. The number of halogens is 1. The number of ether oxygens (including phenoxy) is 2.